The molecule has 2 aromatic heterocycles. The summed E-state index contributed by atoms with van der Waals surface area (Å²) in [7, 11) is 0. The lowest BCUT2D eigenvalue weighted by Gasteiger charge is -2.13. The van der Waals surface area contributed by atoms with E-state index in [9.17, 15) is 4.79 Å². The van der Waals surface area contributed by atoms with E-state index in [-0.39, 0.29) is 11.9 Å². The molecule has 28 heavy (non-hydrogen) atoms. The molecular weight excluding hydrogens is 397 g/mol. The first-order valence-corrected chi connectivity index (χ1v) is 10.5. The van der Waals surface area contributed by atoms with E-state index in [1.165, 1.54) is 0 Å². The van der Waals surface area contributed by atoms with Gasteiger partial charge in [-0.1, -0.05) is 43.1 Å². The zero-order chi connectivity index (χ0) is 20.3. The fraction of sp³-hybridized carbons (Fsp3) is 0.429. The number of aromatic nitrogens is 3. The van der Waals surface area contributed by atoms with Crippen molar-refractivity contribution in [2.75, 3.05) is 6.61 Å². The van der Waals surface area contributed by atoms with Crippen LogP contribution < -0.4 is 0 Å². The van der Waals surface area contributed by atoms with Gasteiger partial charge in [0.25, 0.3) is 0 Å². The van der Waals surface area contributed by atoms with Crippen LogP contribution in [0.25, 0.3) is 22.0 Å². The molecule has 0 fully saturated rings. The van der Waals surface area contributed by atoms with Gasteiger partial charge < -0.3 is 9.30 Å². The smallest absolute Gasteiger partial charge is 0.309 e. The minimum atomic E-state index is -0.152. The lowest BCUT2D eigenvalue weighted by molar-refractivity contribution is -0.148. The number of hydrogen-bond acceptors (Lipinski definition) is 3. The van der Waals surface area contributed by atoms with Gasteiger partial charge in [-0.15, -0.1) is 0 Å². The standard InChI is InChI=1S/C19H19Cl2N3O2.C2H6/c1-2-26-19(25)11-4-3-7-24-15(8-11)16(12-9-22-23-10-12)13-5-6-14(20)17(21)18(13)24;1-2/h5-6,9-11H,2-4,7-8H2,1H3,(H,22,23);1-2H3. The normalized spacial score (nSPS) is 16.1. The molecule has 1 atom stereocenters. The number of ether oxygens (including phenoxy) is 1. The van der Waals surface area contributed by atoms with Crippen LogP contribution in [-0.4, -0.2) is 27.3 Å². The highest BCUT2D eigenvalue weighted by Gasteiger charge is 2.30. The number of nitrogens with zero attached hydrogens (tertiary/aromatic N) is 2. The molecule has 0 aliphatic carbocycles. The maximum atomic E-state index is 12.4. The highest BCUT2D eigenvalue weighted by atomic mass is 35.5. The zero-order valence-electron chi connectivity index (χ0n) is 16.4. The lowest BCUT2D eigenvalue weighted by atomic mass is 9.95. The third-order valence-electron chi connectivity index (χ3n) is 5.00. The van der Waals surface area contributed by atoms with Gasteiger partial charge in [0.15, 0.2) is 0 Å². The van der Waals surface area contributed by atoms with Gasteiger partial charge in [0, 0.05) is 41.4 Å². The minimum Gasteiger partial charge on any atom is -0.466 e. The van der Waals surface area contributed by atoms with Crippen molar-refractivity contribution in [2.45, 2.75) is 46.6 Å². The van der Waals surface area contributed by atoms with Crippen molar-refractivity contribution in [2.24, 2.45) is 5.92 Å². The number of rotatable bonds is 3. The fourth-order valence-corrected chi connectivity index (χ4v) is 4.31. The van der Waals surface area contributed by atoms with Crippen molar-refractivity contribution >= 4 is 40.1 Å². The lowest BCUT2D eigenvalue weighted by Crippen LogP contribution is -2.19. The molecule has 3 heterocycles. The Balaban J connectivity index is 0.00000109. The molecule has 4 rings (SSSR count). The van der Waals surface area contributed by atoms with Gasteiger partial charge in [-0.05, 0) is 25.8 Å². The summed E-state index contributed by atoms with van der Waals surface area (Å²) in [5.74, 6) is -0.283. The second-order valence-corrected chi connectivity index (χ2v) is 7.30. The van der Waals surface area contributed by atoms with E-state index in [0.29, 0.717) is 23.1 Å². The first-order valence-electron chi connectivity index (χ1n) is 9.76. The van der Waals surface area contributed by atoms with E-state index in [2.05, 4.69) is 14.8 Å². The van der Waals surface area contributed by atoms with Crippen molar-refractivity contribution < 1.29 is 9.53 Å². The van der Waals surface area contributed by atoms with Crippen molar-refractivity contribution in [1.82, 2.24) is 14.8 Å². The van der Waals surface area contributed by atoms with Crippen LogP contribution in [0, 0.1) is 5.92 Å². The Labute approximate surface area is 175 Å². The average molecular weight is 422 g/mol. The first kappa shape index (κ1) is 20.7. The van der Waals surface area contributed by atoms with E-state index in [1.54, 1.807) is 6.20 Å². The van der Waals surface area contributed by atoms with Crippen molar-refractivity contribution in [1.29, 1.82) is 0 Å². The molecular formula is C21H25Cl2N3O2. The molecule has 1 aliphatic rings. The molecule has 1 N–H and O–H groups in total. The Morgan fingerprint density at radius 1 is 1.36 bits per heavy atom. The number of fused-ring (bicyclic) bond motifs is 3. The summed E-state index contributed by atoms with van der Waals surface area (Å²) in [6.07, 6.45) is 5.95. The van der Waals surface area contributed by atoms with Gasteiger partial charge in [0.2, 0.25) is 0 Å². The molecule has 7 heteroatoms. The molecule has 0 amide bonds. The number of aromatic amines is 1. The number of esters is 1. The van der Waals surface area contributed by atoms with Crippen LogP contribution in [0.3, 0.4) is 0 Å². The van der Waals surface area contributed by atoms with Gasteiger partial charge in [0.05, 0.1) is 34.3 Å². The molecule has 0 saturated carbocycles. The number of hydrogen-bond donors (Lipinski definition) is 1. The van der Waals surface area contributed by atoms with E-state index < -0.39 is 0 Å². The van der Waals surface area contributed by atoms with Gasteiger partial charge in [0.1, 0.15) is 0 Å². The van der Waals surface area contributed by atoms with Gasteiger partial charge >= 0.3 is 5.97 Å². The van der Waals surface area contributed by atoms with E-state index in [0.717, 1.165) is 47.1 Å². The second-order valence-electron chi connectivity index (χ2n) is 6.51. The van der Waals surface area contributed by atoms with Crippen molar-refractivity contribution in [3.05, 3.63) is 40.3 Å². The summed E-state index contributed by atoms with van der Waals surface area (Å²) in [5.41, 5.74) is 4.05. The van der Waals surface area contributed by atoms with Crippen LogP contribution >= 0.6 is 23.2 Å². The highest BCUT2D eigenvalue weighted by molar-refractivity contribution is 6.45. The predicted molar refractivity (Wildman–Crippen MR) is 114 cm³/mol. The van der Waals surface area contributed by atoms with Crippen molar-refractivity contribution in [3.8, 4) is 11.1 Å². The number of aryl methyl sites for hydroxylation is 1. The fourth-order valence-electron chi connectivity index (χ4n) is 3.89. The summed E-state index contributed by atoms with van der Waals surface area (Å²) in [6, 6.07) is 3.81. The van der Waals surface area contributed by atoms with Gasteiger partial charge in [-0.3, -0.25) is 9.89 Å². The van der Waals surface area contributed by atoms with Crippen LogP contribution in [0.5, 0.6) is 0 Å². The SMILES string of the molecule is CC.CCOC(=O)C1CCCn2c(c(-c3cn[nH]c3)c3ccc(Cl)c(Cl)c32)C1. The molecule has 5 nitrogen and oxygen atoms in total. The Hall–Kier alpha value is -1.98. The summed E-state index contributed by atoms with van der Waals surface area (Å²) < 4.78 is 7.50. The monoisotopic (exact) mass is 421 g/mol. The molecule has 1 unspecified atom stereocenters. The van der Waals surface area contributed by atoms with Crippen LogP contribution in [0.15, 0.2) is 24.5 Å². The van der Waals surface area contributed by atoms with Gasteiger partial charge in [-0.25, -0.2) is 0 Å². The third-order valence-corrected chi connectivity index (χ3v) is 5.80. The predicted octanol–water partition coefficient (Wildman–Crippen LogP) is 5.88. The maximum Gasteiger partial charge on any atom is 0.309 e. The minimum absolute atomic E-state index is 0.131. The van der Waals surface area contributed by atoms with Crippen LogP contribution in [0.2, 0.25) is 10.0 Å². The summed E-state index contributed by atoms with van der Waals surface area (Å²) in [5, 5.41) is 9.08. The molecule has 0 saturated heterocycles. The molecule has 1 aliphatic heterocycles. The first-order chi connectivity index (χ1) is 13.6. The Kier molecular flexibility index (Phi) is 6.68. The highest BCUT2D eigenvalue weighted by Crippen LogP contribution is 2.42. The molecule has 1 aromatic carbocycles. The summed E-state index contributed by atoms with van der Waals surface area (Å²) >= 11 is 12.9. The molecule has 3 aromatic rings. The number of nitrogens with one attached hydrogen (secondary N) is 1. The number of H-pyrrole nitrogens is 1. The molecule has 0 radical (unpaired) electrons. The Morgan fingerprint density at radius 3 is 2.82 bits per heavy atom. The second kappa shape index (κ2) is 9.01. The number of benzene rings is 1. The van der Waals surface area contributed by atoms with Crippen LogP contribution in [0.1, 0.15) is 39.3 Å². The summed E-state index contributed by atoms with van der Waals surface area (Å²) in [6.45, 7) is 7.03. The molecule has 0 spiro atoms. The molecule has 150 valence electrons. The van der Waals surface area contributed by atoms with E-state index >= 15 is 0 Å². The van der Waals surface area contributed by atoms with E-state index in [1.807, 2.05) is 39.1 Å². The zero-order valence-corrected chi connectivity index (χ0v) is 17.9. The van der Waals surface area contributed by atoms with E-state index in [4.69, 9.17) is 27.9 Å². The third kappa shape index (κ3) is 3.65. The average Bonchev–Trinajstić information content (AvgIpc) is 3.26. The Bertz CT molecular complexity index is 964. The van der Waals surface area contributed by atoms with Crippen molar-refractivity contribution in [3.63, 3.8) is 0 Å². The molecule has 0 bridgehead atoms. The largest absolute Gasteiger partial charge is 0.466 e. The van der Waals surface area contributed by atoms with Crippen LogP contribution in [-0.2, 0) is 22.5 Å². The maximum absolute atomic E-state index is 12.4. The van der Waals surface area contributed by atoms with Crippen LogP contribution in [0.4, 0.5) is 0 Å². The number of halogens is 2. The number of carbonyl (C=O) groups excluding carboxylic acids is 1. The number of carbonyl (C=O) groups is 1. The Morgan fingerprint density at radius 2 is 2.14 bits per heavy atom. The summed E-state index contributed by atoms with van der Waals surface area (Å²) in [4.78, 5) is 12.4. The topological polar surface area (TPSA) is 59.9 Å². The van der Waals surface area contributed by atoms with Gasteiger partial charge in [-0.2, -0.15) is 5.10 Å². The quantitative estimate of drug-likeness (QED) is 0.536.